The summed E-state index contributed by atoms with van der Waals surface area (Å²) >= 11 is 0. The van der Waals surface area contributed by atoms with E-state index in [-0.39, 0.29) is 24.0 Å². The van der Waals surface area contributed by atoms with Gasteiger partial charge in [0.2, 0.25) is 0 Å². The van der Waals surface area contributed by atoms with E-state index < -0.39 is 0 Å². The maximum atomic E-state index is 12.9. The summed E-state index contributed by atoms with van der Waals surface area (Å²) in [6, 6.07) is 25.8. The van der Waals surface area contributed by atoms with Gasteiger partial charge in [-0.1, -0.05) is 60.7 Å². The lowest BCUT2D eigenvalue weighted by atomic mass is 9.97. The van der Waals surface area contributed by atoms with Crippen LogP contribution < -0.4 is 11.2 Å². The van der Waals surface area contributed by atoms with Crippen LogP contribution >= 0.6 is 0 Å². The Morgan fingerprint density at radius 2 is 1.66 bits per heavy atom. The Balaban J connectivity index is 1.32. The summed E-state index contributed by atoms with van der Waals surface area (Å²) in [5.74, 6) is 0.164. The van der Waals surface area contributed by atoms with Crippen molar-refractivity contribution >= 4 is 50.5 Å². The maximum Gasteiger partial charge on any atom is 0.260 e. The molecular formula is C26H19N7O2. The van der Waals surface area contributed by atoms with Gasteiger partial charge in [0.05, 0.1) is 17.2 Å². The Kier molecular flexibility index (Phi) is 4.92. The number of para-hydroxylation sites is 2. The quantitative estimate of drug-likeness (QED) is 0.226. The molecule has 0 aliphatic carbocycles. The van der Waals surface area contributed by atoms with Gasteiger partial charge in [0.15, 0.2) is 17.3 Å². The van der Waals surface area contributed by atoms with Crippen LogP contribution in [0.5, 0.6) is 0 Å². The Morgan fingerprint density at radius 1 is 0.971 bits per heavy atom. The van der Waals surface area contributed by atoms with Crippen LogP contribution in [0.15, 0.2) is 88.6 Å². The number of aromatic nitrogens is 4. The molecule has 1 amide bonds. The van der Waals surface area contributed by atoms with Gasteiger partial charge < -0.3 is 10.3 Å². The summed E-state index contributed by atoms with van der Waals surface area (Å²) < 4.78 is 6.45. The van der Waals surface area contributed by atoms with Crippen molar-refractivity contribution in [2.45, 2.75) is 6.54 Å². The minimum Gasteiger partial charge on any atom is -0.379 e. The van der Waals surface area contributed by atoms with Crippen molar-refractivity contribution in [2.24, 2.45) is 5.10 Å². The number of benzene rings is 4. The van der Waals surface area contributed by atoms with E-state index in [2.05, 4.69) is 44.0 Å². The third-order valence-electron chi connectivity index (χ3n) is 5.88. The summed E-state index contributed by atoms with van der Waals surface area (Å²) in [7, 11) is 0. The smallest absolute Gasteiger partial charge is 0.260 e. The van der Waals surface area contributed by atoms with Gasteiger partial charge in [-0.15, -0.1) is 0 Å². The molecule has 0 saturated carbocycles. The van der Waals surface area contributed by atoms with Crippen molar-refractivity contribution in [3.63, 3.8) is 0 Å². The SMILES string of the molecule is Nc1nonc1-c1nc2ccccc2n1CC(=O)N/N=C\c1c2ccccc2cc2ccccc12. The molecule has 6 aromatic rings. The minimum atomic E-state index is -0.328. The van der Waals surface area contributed by atoms with Gasteiger partial charge in [0.1, 0.15) is 6.54 Å². The number of nitrogen functional groups attached to an aromatic ring is 1. The van der Waals surface area contributed by atoms with Gasteiger partial charge in [0.25, 0.3) is 5.91 Å². The zero-order valence-electron chi connectivity index (χ0n) is 18.4. The van der Waals surface area contributed by atoms with Gasteiger partial charge in [-0.05, 0) is 50.1 Å². The first kappa shape index (κ1) is 20.5. The van der Waals surface area contributed by atoms with Crippen molar-refractivity contribution < 1.29 is 9.42 Å². The van der Waals surface area contributed by atoms with Gasteiger partial charge in [-0.2, -0.15) is 5.10 Å². The zero-order valence-corrected chi connectivity index (χ0v) is 18.4. The normalized spacial score (nSPS) is 11.7. The molecule has 35 heavy (non-hydrogen) atoms. The first-order chi connectivity index (χ1) is 17.2. The van der Waals surface area contributed by atoms with Crippen LogP contribution in [-0.2, 0) is 11.3 Å². The molecule has 0 radical (unpaired) electrons. The molecule has 0 fully saturated rings. The Labute approximate surface area is 198 Å². The molecule has 0 aliphatic rings. The molecule has 170 valence electrons. The highest BCUT2D eigenvalue weighted by molar-refractivity contribution is 6.13. The van der Waals surface area contributed by atoms with Crippen molar-refractivity contribution in [1.29, 1.82) is 0 Å². The monoisotopic (exact) mass is 461 g/mol. The number of carbonyl (C=O) groups excluding carboxylic acids is 1. The Bertz CT molecular complexity index is 1700. The third kappa shape index (κ3) is 3.65. The number of amides is 1. The second-order valence-electron chi connectivity index (χ2n) is 8.03. The lowest BCUT2D eigenvalue weighted by molar-refractivity contribution is -0.121. The van der Waals surface area contributed by atoms with E-state index >= 15 is 0 Å². The van der Waals surface area contributed by atoms with E-state index in [9.17, 15) is 4.79 Å². The number of nitrogens with two attached hydrogens (primary N) is 1. The first-order valence-corrected chi connectivity index (χ1v) is 10.9. The fourth-order valence-electron chi connectivity index (χ4n) is 4.30. The highest BCUT2D eigenvalue weighted by atomic mass is 16.6. The number of nitrogens with one attached hydrogen (secondary N) is 1. The van der Waals surface area contributed by atoms with E-state index in [0.29, 0.717) is 11.3 Å². The molecule has 0 aliphatic heterocycles. The highest BCUT2D eigenvalue weighted by Gasteiger charge is 2.20. The van der Waals surface area contributed by atoms with E-state index in [1.807, 2.05) is 60.7 Å². The van der Waals surface area contributed by atoms with Gasteiger partial charge >= 0.3 is 0 Å². The number of anilines is 1. The number of hydrogen-bond acceptors (Lipinski definition) is 7. The molecule has 2 aromatic heterocycles. The van der Waals surface area contributed by atoms with Crippen LogP contribution in [-0.4, -0.2) is 32.0 Å². The van der Waals surface area contributed by atoms with Crippen LogP contribution in [0.4, 0.5) is 5.82 Å². The third-order valence-corrected chi connectivity index (χ3v) is 5.88. The number of hydrazone groups is 1. The summed E-state index contributed by atoms with van der Waals surface area (Å²) in [6.07, 6.45) is 1.69. The summed E-state index contributed by atoms with van der Waals surface area (Å²) in [5.41, 5.74) is 11.2. The Morgan fingerprint density at radius 3 is 2.37 bits per heavy atom. The second-order valence-corrected chi connectivity index (χ2v) is 8.03. The molecule has 2 heterocycles. The predicted molar refractivity (Wildman–Crippen MR) is 135 cm³/mol. The lowest BCUT2D eigenvalue weighted by Crippen LogP contribution is -2.23. The minimum absolute atomic E-state index is 0.0459. The maximum absolute atomic E-state index is 12.9. The second kappa shape index (κ2) is 8.38. The van der Waals surface area contributed by atoms with E-state index in [4.69, 9.17) is 10.4 Å². The van der Waals surface area contributed by atoms with Crippen molar-refractivity contribution in [1.82, 2.24) is 25.3 Å². The first-order valence-electron chi connectivity index (χ1n) is 10.9. The average molecular weight is 461 g/mol. The van der Waals surface area contributed by atoms with Crippen LogP contribution in [0.3, 0.4) is 0 Å². The summed E-state index contributed by atoms with van der Waals surface area (Å²) in [4.78, 5) is 17.5. The van der Waals surface area contributed by atoms with Crippen LogP contribution in [0.25, 0.3) is 44.1 Å². The fraction of sp³-hybridized carbons (Fsp3) is 0.0385. The van der Waals surface area contributed by atoms with Crippen LogP contribution in [0.2, 0.25) is 0 Å². The number of carbonyl (C=O) groups is 1. The van der Waals surface area contributed by atoms with E-state index in [1.165, 1.54) is 0 Å². The molecule has 0 unspecified atom stereocenters. The number of hydrogen-bond donors (Lipinski definition) is 2. The molecule has 6 rings (SSSR count). The number of rotatable bonds is 5. The fourth-order valence-corrected chi connectivity index (χ4v) is 4.30. The number of nitrogens with zero attached hydrogens (tertiary/aromatic N) is 5. The van der Waals surface area contributed by atoms with Crippen molar-refractivity contribution in [3.8, 4) is 11.5 Å². The molecule has 3 N–H and O–H groups in total. The molecule has 0 atom stereocenters. The Hall–Kier alpha value is -5.05. The van der Waals surface area contributed by atoms with E-state index in [0.717, 1.165) is 32.6 Å². The molecule has 4 aromatic carbocycles. The van der Waals surface area contributed by atoms with Gasteiger partial charge in [0, 0.05) is 5.56 Å². The lowest BCUT2D eigenvalue weighted by Gasteiger charge is -2.09. The van der Waals surface area contributed by atoms with Crippen molar-refractivity contribution in [3.05, 3.63) is 84.4 Å². The average Bonchev–Trinajstić information content (AvgIpc) is 3.46. The van der Waals surface area contributed by atoms with Crippen LogP contribution in [0.1, 0.15) is 5.56 Å². The largest absolute Gasteiger partial charge is 0.379 e. The number of imidazole rings is 1. The van der Waals surface area contributed by atoms with Gasteiger partial charge in [-0.3, -0.25) is 4.79 Å². The topological polar surface area (TPSA) is 124 Å². The molecule has 0 spiro atoms. The van der Waals surface area contributed by atoms with Gasteiger partial charge in [-0.25, -0.2) is 15.0 Å². The zero-order chi connectivity index (χ0) is 23.8. The predicted octanol–water partition coefficient (Wildman–Crippen LogP) is 4.13. The molecule has 9 heteroatoms. The molecule has 9 nitrogen and oxygen atoms in total. The molecule has 0 saturated heterocycles. The standard InChI is InChI=1S/C26H19N7O2/c27-25-24(31-35-32-25)26-29-21-11-5-6-12-22(21)33(26)15-23(34)30-28-14-20-18-9-3-1-7-16(18)13-17-8-2-4-10-19(17)20/h1-14H,15H2,(H2,27,32)(H,30,34)/b28-14-. The summed E-state index contributed by atoms with van der Waals surface area (Å²) in [5, 5.41) is 16.1. The van der Waals surface area contributed by atoms with Crippen molar-refractivity contribution in [2.75, 3.05) is 5.73 Å². The number of fused-ring (bicyclic) bond motifs is 3. The molecular weight excluding hydrogens is 442 g/mol. The highest BCUT2D eigenvalue weighted by Crippen LogP contribution is 2.28. The van der Waals surface area contributed by atoms with Crippen LogP contribution in [0, 0.1) is 0 Å². The molecule has 0 bridgehead atoms. The summed E-state index contributed by atoms with van der Waals surface area (Å²) in [6.45, 7) is -0.0459. The van der Waals surface area contributed by atoms with E-state index in [1.54, 1.807) is 10.8 Å².